The monoisotopic (exact) mass is 278 g/mol. The van der Waals surface area contributed by atoms with Gasteiger partial charge in [0.2, 0.25) is 0 Å². The standard InChI is InChI=1S/C11H9F3N2O.ClH/c1-2-3-10-15-8-5-4-7(6-9(8)16-10)17-11(12,13)14;/h2,4-6H,1,3H2,(H,15,16);1H. The van der Waals surface area contributed by atoms with Gasteiger partial charge in [-0.25, -0.2) is 4.98 Å². The number of hydrogen-bond donors (Lipinski definition) is 1. The predicted molar refractivity (Wildman–Crippen MR) is 63.9 cm³/mol. The molecule has 0 spiro atoms. The Hall–Kier alpha value is -1.69. The summed E-state index contributed by atoms with van der Waals surface area (Å²) in [5.41, 5.74) is 1.10. The van der Waals surface area contributed by atoms with Gasteiger partial charge in [0.1, 0.15) is 11.6 Å². The maximum atomic E-state index is 12.0. The predicted octanol–water partition coefficient (Wildman–Crippen LogP) is 3.61. The van der Waals surface area contributed by atoms with E-state index in [1.807, 2.05) is 0 Å². The Morgan fingerprint density at radius 1 is 1.39 bits per heavy atom. The highest BCUT2D eigenvalue weighted by Crippen LogP contribution is 2.25. The molecule has 0 radical (unpaired) electrons. The lowest BCUT2D eigenvalue weighted by atomic mass is 10.3. The smallest absolute Gasteiger partial charge is 0.406 e. The Labute approximate surface area is 107 Å². The number of nitrogens with zero attached hydrogens (tertiary/aromatic N) is 1. The van der Waals surface area contributed by atoms with E-state index in [0.29, 0.717) is 23.3 Å². The third-order valence-electron chi connectivity index (χ3n) is 2.07. The van der Waals surface area contributed by atoms with E-state index in [4.69, 9.17) is 0 Å². The number of alkyl halides is 3. The highest BCUT2D eigenvalue weighted by molar-refractivity contribution is 5.85. The molecule has 1 N–H and O–H groups in total. The van der Waals surface area contributed by atoms with Crippen molar-refractivity contribution < 1.29 is 17.9 Å². The molecule has 0 atom stereocenters. The van der Waals surface area contributed by atoms with Gasteiger partial charge in [-0.3, -0.25) is 0 Å². The van der Waals surface area contributed by atoms with Gasteiger partial charge in [0, 0.05) is 12.5 Å². The number of ether oxygens (including phenoxy) is 1. The molecule has 0 fully saturated rings. The molecule has 0 aliphatic heterocycles. The largest absolute Gasteiger partial charge is 0.573 e. The Morgan fingerprint density at radius 2 is 2.11 bits per heavy atom. The fraction of sp³-hybridized carbons (Fsp3) is 0.182. The topological polar surface area (TPSA) is 37.9 Å². The summed E-state index contributed by atoms with van der Waals surface area (Å²) in [5.74, 6) is 0.376. The Morgan fingerprint density at radius 3 is 2.72 bits per heavy atom. The zero-order valence-corrected chi connectivity index (χ0v) is 9.94. The molecule has 0 amide bonds. The minimum absolute atomic E-state index is 0. The van der Waals surface area contributed by atoms with Gasteiger partial charge in [-0.05, 0) is 12.1 Å². The van der Waals surface area contributed by atoms with E-state index in [2.05, 4.69) is 21.3 Å². The van der Waals surface area contributed by atoms with Crippen LogP contribution in [0.25, 0.3) is 11.0 Å². The molecule has 7 heteroatoms. The van der Waals surface area contributed by atoms with Crippen molar-refractivity contribution in [3.8, 4) is 5.75 Å². The van der Waals surface area contributed by atoms with E-state index in [1.54, 1.807) is 6.08 Å². The first kappa shape index (κ1) is 14.4. The Balaban J connectivity index is 0.00000162. The number of benzene rings is 1. The van der Waals surface area contributed by atoms with Gasteiger partial charge in [0.05, 0.1) is 11.0 Å². The van der Waals surface area contributed by atoms with Gasteiger partial charge in [-0.1, -0.05) is 6.08 Å². The van der Waals surface area contributed by atoms with Crippen LogP contribution in [0, 0.1) is 0 Å². The average molecular weight is 279 g/mol. The highest BCUT2D eigenvalue weighted by atomic mass is 35.5. The molecule has 0 aliphatic carbocycles. The second-order valence-electron chi connectivity index (χ2n) is 3.40. The number of halogens is 4. The van der Waals surface area contributed by atoms with Gasteiger partial charge in [0.15, 0.2) is 0 Å². The van der Waals surface area contributed by atoms with Gasteiger partial charge >= 0.3 is 6.36 Å². The molecule has 0 saturated heterocycles. The molecule has 2 rings (SSSR count). The third-order valence-corrected chi connectivity index (χ3v) is 2.07. The summed E-state index contributed by atoms with van der Waals surface area (Å²) in [5, 5.41) is 0. The molecule has 0 saturated carbocycles. The van der Waals surface area contributed by atoms with E-state index in [1.165, 1.54) is 18.2 Å². The van der Waals surface area contributed by atoms with Gasteiger partial charge in [0.25, 0.3) is 0 Å². The first-order chi connectivity index (χ1) is 7.98. The SMILES string of the molecule is C=CCc1nc2cc(OC(F)(F)F)ccc2[nH]1.Cl. The number of aromatic amines is 1. The summed E-state index contributed by atoms with van der Waals surface area (Å²) in [7, 11) is 0. The van der Waals surface area contributed by atoms with Crippen molar-refractivity contribution in [3.63, 3.8) is 0 Å². The van der Waals surface area contributed by atoms with Crippen molar-refractivity contribution in [2.24, 2.45) is 0 Å². The maximum Gasteiger partial charge on any atom is 0.573 e. The summed E-state index contributed by atoms with van der Waals surface area (Å²) in [6, 6.07) is 3.98. The molecule has 2 aromatic rings. The number of rotatable bonds is 3. The highest BCUT2D eigenvalue weighted by Gasteiger charge is 2.31. The number of H-pyrrole nitrogens is 1. The minimum Gasteiger partial charge on any atom is -0.406 e. The molecule has 1 heterocycles. The van der Waals surface area contributed by atoms with Crippen LogP contribution in [0.3, 0.4) is 0 Å². The molecule has 18 heavy (non-hydrogen) atoms. The van der Waals surface area contributed by atoms with Crippen molar-refractivity contribution in [1.29, 1.82) is 0 Å². The maximum absolute atomic E-state index is 12.0. The molecular formula is C11H10ClF3N2O. The van der Waals surface area contributed by atoms with Crippen LogP contribution in [0.15, 0.2) is 30.9 Å². The van der Waals surface area contributed by atoms with Gasteiger partial charge < -0.3 is 9.72 Å². The van der Waals surface area contributed by atoms with Crippen molar-refractivity contribution in [1.82, 2.24) is 9.97 Å². The van der Waals surface area contributed by atoms with E-state index in [-0.39, 0.29) is 18.2 Å². The lowest BCUT2D eigenvalue weighted by molar-refractivity contribution is -0.274. The van der Waals surface area contributed by atoms with Crippen LogP contribution in [-0.2, 0) is 6.42 Å². The number of fused-ring (bicyclic) bond motifs is 1. The molecule has 1 aromatic heterocycles. The number of allylic oxidation sites excluding steroid dienone is 1. The second-order valence-corrected chi connectivity index (χ2v) is 3.40. The first-order valence-electron chi connectivity index (χ1n) is 4.83. The molecule has 0 unspecified atom stereocenters. The third kappa shape index (κ3) is 3.40. The van der Waals surface area contributed by atoms with E-state index < -0.39 is 6.36 Å². The molecule has 98 valence electrons. The van der Waals surface area contributed by atoms with Crippen LogP contribution in [0.4, 0.5) is 13.2 Å². The lowest BCUT2D eigenvalue weighted by Crippen LogP contribution is -2.16. The number of imidazole rings is 1. The van der Waals surface area contributed by atoms with E-state index >= 15 is 0 Å². The van der Waals surface area contributed by atoms with Crippen LogP contribution in [0.5, 0.6) is 5.75 Å². The quantitative estimate of drug-likeness (QED) is 0.871. The molecule has 3 nitrogen and oxygen atoms in total. The fourth-order valence-corrected chi connectivity index (χ4v) is 1.47. The Kier molecular flexibility index (Phi) is 4.24. The summed E-state index contributed by atoms with van der Waals surface area (Å²) < 4.78 is 39.8. The second kappa shape index (κ2) is 5.30. The minimum atomic E-state index is -4.69. The van der Waals surface area contributed by atoms with Gasteiger partial charge in [-0.2, -0.15) is 0 Å². The fourth-order valence-electron chi connectivity index (χ4n) is 1.47. The summed E-state index contributed by atoms with van der Waals surface area (Å²) >= 11 is 0. The zero-order chi connectivity index (χ0) is 12.5. The van der Waals surface area contributed by atoms with Crippen LogP contribution in [0.2, 0.25) is 0 Å². The summed E-state index contributed by atoms with van der Waals surface area (Å²) in [6.45, 7) is 3.56. The number of aromatic nitrogens is 2. The number of hydrogen-bond acceptors (Lipinski definition) is 2. The first-order valence-corrected chi connectivity index (χ1v) is 4.83. The Bertz CT molecular complexity index is 551. The van der Waals surface area contributed by atoms with Gasteiger partial charge in [-0.15, -0.1) is 32.2 Å². The lowest BCUT2D eigenvalue weighted by Gasteiger charge is -2.07. The van der Waals surface area contributed by atoms with Crippen LogP contribution < -0.4 is 4.74 Å². The summed E-state index contributed by atoms with van der Waals surface area (Å²) in [6.07, 6.45) is -2.50. The molecular weight excluding hydrogens is 269 g/mol. The van der Waals surface area contributed by atoms with E-state index in [0.717, 1.165) is 0 Å². The van der Waals surface area contributed by atoms with Crippen LogP contribution in [0.1, 0.15) is 5.82 Å². The summed E-state index contributed by atoms with van der Waals surface area (Å²) in [4.78, 5) is 7.09. The van der Waals surface area contributed by atoms with Crippen LogP contribution in [-0.4, -0.2) is 16.3 Å². The van der Waals surface area contributed by atoms with Crippen molar-refractivity contribution in [2.45, 2.75) is 12.8 Å². The molecule has 0 aliphatic rings. The molecule has 1 aromatic carbocycles. The van der Waals surface area contributed by atoms with Crippen molar-refractivity contribution >= 4 is 23.4 Å². The van der Waals surface area contributed by atoms with E-state index in [9.17, 15) is 13.2 Å². The van der Waals surface area contributed by atoms with Crippen molar-refractivity contribution in [2.75, 3.05) is 0 Å². The normalized spacial score (nSPS) is 11.1. The van der Waals surface area contributed by atoms with Crippen molar-refractivity contribution in [3.05, 3.63) is 36.7 Å². The number of nitrogens with one attached hydrogen (secondary N) is 1. The zero-order valence-electron chi connectivity index (χ0n) is 9.12. The molecule has 0 bridgehead atoms. The average Bonchev–Trinajstić information content (AvgIpc) is 2.57. The van der Waals surface area contributed by atoms with Crippen LogP contribution >= 0.6 is 12.4 Å².